The van der Waals surface area contributed by atoms with Gasteiger partial charge in [0.05, 0.1) is 29.5 Å². The molecule has 21 heavy (non-hydrogen) atoms. The van der Waals surface area contributed by atoms with Crippen molar-refractivity contribution in [2.24, 2.45) is 5.84 Å². The van der Waals surface area contributed by atoms with Crippen molar-refractivity contribution in [3.63, 3.8) is 0 Å². The number of aromatic nitrogens is 2. The van der Waals surface area contributed by atoms with E-state index in [2.05, 4.69) is 33.8 Å². The Bertz CT molecular complexity index is 578. The molecule has 0 aliphatic heterocycles. The summed E-state index contributed by atoms with van der Waals surface area (Å²) in [6, 6.07) is 2.01. The topological polar surface area (TPSA) is 59.1 Å². The van der Waals surface area contributed by atoms with Crippen molar-refractivity contribution < 1.29 is 0 Å². The zero-order valence-corrected chi connectivity index (χ0v) is 14.2. The van der Waals surface area contributed by atoms with Crippen LogP contribution in [0.5, 0.6) is 0 Å². The van der Waals surface area contributed by atoms with Crippen LogP contribution in [0.15, 0.2) is 17.6 Å². The molecule has 0 spiro atoms. The van der Waals surface area contributed by atoms with Gasteiger partial charge in [-0.1, -0.05) is 18.5 Å². The maximum Gasteiger partial charge on any atom is 0.0987 e. The number of thiophene rings is 1. The Morgan fingerprint density at radius 1 is 1.52 bits per heavy atom. The Morgan fingerprint density at radius 3 is 2.90 bits per heavy atom. The highest BCUT2D eigenvalue weighted by atomic mass is 35.5. The Morgan fingerprint density at radius 2 is 2.29 bits per heavy atom. The summed E-state index contributed by atoms with van der Waals surface area (Å²) < 4.78 is 1.94. The fourth-order valence-corrected chi connectivity index (χ4v) is 3.61. The molecule has 0 saturated heterocycles. The first-order valence-corrected chi connectivity index (χ1v) is 8.22. The third-order valence-electron chi connectivity index (χ3n) is 3.46. The SMILES string of the molecule is CCc1ccsc1C(NN)c1c(Cl)cnn1CCN(C)C. The predicted octanol–water partition coefficient (Wildman–Crippen LogP) is 2.27. The molecule has 0 bridgehead atoms. The molecule has 0 radical (unpaired) electrons. The molecular formula is C14H22ClN5S. The van der Waals surface area contributed by atoms with Gasteiger partial charge in [-0.15, -0.1) is 11.3 Å². The number of likely N-dealkylation sites (N-methyl/N-ethyl adjacent to an activating group) is 1. The molecule has 0 saturated carbocycles. The van der Waals surface area contributed by atoms with E-state index >= 15 is 0 Å². The zero-order valence-electron chi connectivity index (χ0n) is 12.6. The minimum Gasteiger partial charge on any atom is -0.308 e. The Labute approximate surface area is 134 Å². The second kappa shape index (κ2) is 7.38. The summed E-state index contributed by atoms with van der Waals surface area (Å²) in [6.07, 6.45) is 2.66. The summed E-state index contributed by atoms with van der Waals surface area (Å²) in [4.78, 5) is 3.32. The highest BCUT2D eigenvalue weighted by Crippen LogP contribution is 2.33. The first kappa shape index (κ1) is 16.5. The van der Waals surface area contributed by atoms with E-state index in [1.807, 2.05) is 18.8 Å². The van der Waals surface area contributed by atoms with Gasteiger partial charge < -0.3 is 4.90 Å². The van der Waals surface area contributed by atoms with Crippen LogP contribution in [0.2, 0.25) is 5.02 Å². The number of hydrogen-bond donors (Lipinski definition) is 2. The normalized spacial score (nSPS) is 13.0. The van der Waals surface area contributed by atoms with Crippen molar-refractivity contribution in [3.05, 3.63) is 38.8 Å². The summed E-state index contributed by atoms with van der Waals surface area (Å²) in [6.45, 7) is 3.82. The van der Waals surface area contributed by atoms with Gasteiger partial charge in [0.1, 0.15) is 0 Å². The molecular weight excluding hydrogens is 306 g/mol. The average Bonchev–Trinajstić information content (AvgIpc) is 3.06. The Balaban J connectivity index is 2.36. The van der Waals surface area contributed by atoms with Gasteiger partial charge in [-0.3, -0.25) is 10.5 Å². The molecule has 1 unspecified atom stereocenters. The molecule has 0 amide bonds. The lowest BCUT2D eigenvalue weighted by atomic mass is 10.1. The molecule has 0 fully saturated rings. The molecule has 2 aromatic rings. The number of aryl methyl sites for hydroxylation is 1. The van der Waals surface area contributed by atoms with Crippen molar-refractivity contribution in [2.75, 3.05) is 20.6 Å². The van der Waals surface area contributed by atoms with E-state index in [9.17, 15) is 0 Å². The van der Waals surface area contributed by atoms with Gasteiger partial charge in [0, 0.05) is 11.4 Å². The third kappa shape index (κ3) is 3.64. The van der Waals surface area contributed by atoms with E-state index in [-0.39, 0.29) is 6.04 Å². The smallest absolute Gasteiger partial charge is 0.0987 e. The van der Waals surface area contributed by atoms with Crippen LogP contribution in [0.1, 0.15) is 29.1 Å². The fraction of sp³-hybridized carbons (Fsp3) is 0.500. The highest BCUT2D eigenvalue weighted by molar-refractivity contribution is 7.10. The molecule has 0 aliphatic carbocycles. The molecule has 2 heterocycles. The Kier molecular flexibility index (Phi) is 5.78. The zero-order chi connectivity index (χ0) is 15.4. The summed E-state index contributed by atoms with van der Waals surface area (Å²) in [7, 11) is 4.08. The van der Waals surface area contributed by atoms with Gasteiger partial charge in [-0.2, -0.15) is 5.10 Å². The minimum absolute atomic E-state index is 0.128. The maximum absolute atomic E-state index is 6.36. The van der Waals surface area contributed by atoms with Gasteiger partial charge >= 0.3 is 0 Å². The lowest BCUT2D eigenvalue weighted by molar-refractivity contribution is 0.366. The largest absolute Gasteiger partial charge is 0.308 e. The summed E-state index contributed by atoms with van der Waals surface area (Å²) in [5.41, 5.74) is 5.12. The Hall–Kier alpha value is -0.920. The van der Waals surface area contributed by atoms with E-state index in [4.69, 9.17) is 17.4 Å². The second-order valence-electron chi connectivity index (χ2n) is 5.17. The summed E-state index contributed by atoms with van der Waals surface area (Å²) in [5, 5.41) is 7.12. The second-order valence-corrected chi connectivity index (χ2v) is 6.52. The summed E-state index contributed by atoms with van der Waals surface area (Å²) >= 11 is 8.05. The van der Waals surface area contributed by atoms with E-state index in [0.29, 0.717) is 5.02 Å². The number of rotatable bonds is 7. The summed E-state index contributed by atoms with van der Waals surface area (Å²) in [5.74, 6) is 5.82. The van der Waals surface area contributed by atoms with Gasteiger partial charge in [0.25, 0.3) is 0 Å². The van der Waals surface area contributed by atoms with Crippen LogP contribution < -0.4 is 11.3 Å². The van der Waals surface area contributed by atoms with Crippen LogP contribution in [-0.4, -0.2) is 35.3 Å². The minimum atomic E-state index is -0.128. The third-order valence-corrected chi connectivity index (χ3v) is 4.77. The number of hydrazine groups is 1. The van der Waals surface area contributed by atoms with Gasteiger partial charge in [0.15, 0.2) is 0 Å². The van der Waals surface area contributed by atoms with Crippen LogP contribution >= 0.6 is 22.9 Å². The van der Waals surface area contributed by atoms with Crippen molar-refractivity contribution in [1.29, 1.82) is 0 Å². The first-order valence-electron chi connectivity index (χ1n) is 6.96. The molecule has 116 valence electrons. The van der Waals surface area contributed by atoms with Crippen LogP contribution in [0.4, 0.5) is 0 Å². The van der Waals surface area contributed by atoms with Crippen LogP contribution in [0.3, 0.4) is 0 Å². The standard InChI is InChI=1S/C14H22ClN5S/c1-4-10-5-8-21-14(10)12(18-16)13-11(15)9-17-20(13)7-6-19(2)3/h5,8-9,12,18H,4,6-7,16H2,1-3H3. The van der Waals surface area contributed by atoms with Gasteiger partial charge in [-0.05, 0) is 37.5 Å². The molecule has 7 heteroatoms. The number of nitrogens with one attached hydrogen (secondary N) is 1. The van der Waals surface area contributed by atoms with E-state index in [0.717, 1.165) is 25.2 Å². The monoisotopic (exact) mass is 327 g/mol. The van der Waals surface area contributed by atoms with Crippen LogP contribution in [-0.2, 0) is 13.0 Å². The van der Waals surface area contributed by atoms with E-state index < -0.39 is 0 Å². The predicted molar refractivity (Wildman–Crippen MR) is 88.7 cm³/mol. The molecule has 0 aromatic carbocycles. The highest BCUT2D eigenvalue weighted by Gasteiger charge is 2.24. The van der Waals surface area contributed by atoms with Gasteiger partial charge in [-0.25, -0.2) is 5.43 Å². The maximum atomic E-state index is 6.36. The van der Waals surface area contributed by atoms with Crippen molar-refractivity contribution in [1.82, 2.24) is 20.1 Å². The lowest BCUT2D eigenvalue weighted by Crippen LogP contribution is -2.32. The quantitative estimate of drug-likeness (QED) is 0.605. The number of hydrogen-bond acceptors (Lipinski definition) is 5. The molecule has 1 atom stereocenters. The first-order chi connectivity index (χ1) is 10.1. The van der Waals surface area contributed by atoms with E-state index in [1.54, 1.807) is 17.5 Å². The molecule has 5 nitrogen and oxygen atoms in total. The van der Waals surface area contributed by atoms with Crippen molar-refractivity contribution in [2.45, 2.75) is 25.9 Å². The molecule has 2 rings (SSSR count). The van der Waals surface area contributed by atoms with Gasteiger partial charge in [0.2, 0.25) is 0 Å². The number of nitrogens with zero attached hydrogens (tertiary/aromatic N) is 3. The fourth-order valence-electron chi connectivity index (χ4n) is 2.30. The molecule has 2 aromatic heterocycles. The molecule has 3 N–H and O–H groups in total. The number of nitrogens with two attached hydrogens (primary N) is 1. The van der Waals surface area contributed by atoms with Crippen LogP contribution in [0.25, 0.3) is 0 Å². The van der Waals surface area contributed by atoms with Crippen molar-refractivity contribution >= 4 is 22.9 Å². The van der Waals surface area contributed by atoms with Crippen LogP contribution in [0, 0.1) is 0 Å². The lowest BCUT2D eigenvalue weighted by Gasteiger charge is -2.20. The molecule has 0 aliphatic rings. The number of halogens is 1. The van der Waals surface area contributed by atoms with Crippen molar-refractivity contribution in [3.8, 4) is 0 Å². The average molecular weight is 328 g/mol. The van der Waals surface area contributed by atoms with E-state index in [1.165, 1.54) is 10.4 Å².